The van der Waals surface area contributed by atoms with E-state index in [9.17, 15) is 0 Å². The maximum atomic E-state index is 4.82. The number of nitrogens with zero attached hydrogens (tertiary/aromatic N) is 1. The van der Waals surface area contributed by atoms with Crippen molar-refractivity contribution in [3.63, 3.8) is 0 Å². The van der Waals surface area contributed by atoms with Gasteiger partial charge >= 0.3 is 0 Å². The van der Waals surface area contributed by atoms with Crippen LogP contribution in [0, 0.1) is 11.8 Å². The van der Waals surface area contributed by atoms with Gasteiger partial charge in [0.15, 0.2) is 0 Å². The van der Waals surface area contributed by atoms with Crippen molar-refractivity contribution in [1.82, 2.24) is 0 Å². The lowest BCUT2D eigenvalue weighted by atomic mass is 9.92. The Hall–Kier alpha value is -1.28. The molecule has 0 fully saturated rings. The second-order valence-electron chi connectivity index (χ2n) is 6.46. The van der Waals surface area contributed by atoms with Crippen molar-refractivity contribution in [3.05, 3.63) is 46.7 Å². The Morgan fingerprint density at radius 2 is 2.05 bits per heavy atom. The third-order valence-corrected chi connectivity index (χ3v) is 6.14. The molecule has 2 aliphatic carbocycles. The minimum atomic E-state index is -0.390. The van der Waals surface area contributed by atoms with Crippen LogP contribution < -0.4 is 0 Å². The fourth-order valence-corrected chi connectivity index (χ4v) is 4.61. The summed E-state index contributed by atoms with van der Waals surface area (Å²) >= 11 is 0. The van der Waals surface area contributed by atoms with Crippen LogP contribution in [0.4, 0.5) is 0 Å². The first kappa shape index (κ1) is 13.7. The summed E-state index contributed by atoms with van der Waals surface area (Å²) in [6, 6.07) is 0. The molecule has 1 unspecified atom stereocenters. The summed E-state index contributed by atoms with van der Waals surface area (Å²) in [6.45, 7) is 11.5. The van der Waals surface area contributed by atoms with E-state index in [0.29, 0.717) is 11.8 Å². The van der Waals surface area contributed by atoms with Crippen LogP contribution in [0.1, 0.15) is 27.2 Å². The third-order valence-electron chi connectivity index (χ3n) is 4.48. The Morgan fingerprint density at radius 3 is 2.65 bits per heavy atom. The fourth-order valence-electron chi connectivity index (χ4n) is 3.34. The first-order valence-corrected chi connectivity index (χ1v) is 10.1. The molecule has 1 heterocycles. The predicted molar refractivity (Wildman–Crippen MR) is 90.9 cm³/mol. The first-order valence-electron chi connectivity index (χ1n) is 7.56. The van der Waals surface area contributed by atoms with E-state index in [1.165, 1.54) is 28.1 Å². The second kappa shape index (κ2) is 4.92. The molecule has 0 radical (unpaired) electrons. The summed E-state index contributed by atoms with van der Waals surface area (Å²) < 4.78 is 0. The molecule has 0 amide bonds. The van der Waals surface area contributed by atoms with Crippen LogP contribution in [0.25, 0.3) is 0 Å². The quantitative estimate of drug-likeness (QED) is 0.668. The molecule has 0 saturated heterocycles. The van der Waals surface area contributed by atoms with Crippen LogP contribution in [0.3, 0.4) is 0 Å². The first-order chi connectivity index (χ1) is 9.49. The summed E-state index contributed by atoms with van der Waals surface area (Å²) in [4.78, 5) is 4.82. The summed E-state index contributed by atoms with van der Waals surface area (Å²) in [5.74, 6) is 1.05. The molecule has 2 heteroatoms. The molecule has 1 atom stereocenters. The lowest BCUT2D eigenvalue weighted by molar-refractivity contribution is 0.789. The molecule has 104 valence electrons. The zero-order valence-corrected chi connectivity index (χ0v) is 14.1. The van der Waals surface area contributed by atoms with Gasteiger partial charge in [0, 0.05) is 25.6 Å². The molecule has 0 aromatic heterocycles. The van der Waals surface area contributed by atoms with Gasteiger partial charge in [-0.1, -0.05) is 56.4 Å². The van der Waals surface area contributed by atoms with Crippen molar-refractivity contribution >= 4 is 19.3 Å². The van der Waals surface area contributed by atoms with Crippen LogP contribution in [-0.4, -0.2) is 19.3 Å². The predicted octanol–water partition coefficient (Wildman–Crippen LogP) is 4.32. The maximum absolute atomic E-state index is 4.82. The molecule has 0 N–H and O–H groups in total. The van der Waals surface area contributed by atoms with Gasteiger partial charge in [-0.15, -0.1) is 0 Å². The lowest BCUT2D eigenvalue weighted by Crippen LogP contribution is -2.14. The van der Waals surface area contributed by atoms with Crippen molar-refractivity contribution in [2.45, 2.75) is 40.3 Å². The van der Waals surface area contributed by atoms with E-state index < -0.39 is 8.41 Å². The Morgan fingerprint density at radius 1 is 1.30 bits per heavy atom. The highest BCUT2D eigenvalue weighted by Gasteiger charge is 2.31. The van der Waals surface area contributed by atoms with Gasteiger partial charge in [-0.2, -0.15) is 0 Å². The Bertz CT molecular complexity index is 647. The molecular weight excluding hydrogens is 258 g/mol. The SMILES string of the molecule is CC1=NC2=CCC(=[Si](C)C)C2=C1C1C=CC(C(C)C)=C1. The zero-order valence-electron chi connectivity index (χ0n) is 13.1. The third kappa shape index (κ3) is 2.07. The fraction of sp³-hybridized carbons (Fsp3) is 0.444. The molecule has 3 aliphatic rings. The van der Waals surface area contributed by atoms with Gasteiger partial charge in [-0.25, -0.2) is 0 Å². The van der Waals surface area contributed by atoms with Crippen molar-refractivity contribution in [1.29, 1.82) is 0 Å². The van der Waals surface area contributed by atoms with E-state index in [1.54, 1.807) is 5.17 Å². The highest BCUT2D eigenvalue weighted by molar-refractivity contribution is 6.73. The maximum Gasteiger partial charge on any atom is 0.0671 e. The molecule has 0 saturated carbocycles. The number of hydrogen-bond donors (Lipinski definition) is 0. The molecule has 1 nitrogen and oxygen atoms in total. The average molecular weight is 281 g/mol. The smallest absolute Gasteiger partial charge is 0.0671 e. The summed E-state index contributed by atoms with van der Waals surface area (Å²) in [6.07, 6.45) is 10.5. The van der Waals surface area contributed by atoms with Crippen molar-refractivity contribution in [2.24, 2.45) is 16.8 Å². The molecule has 3 rings (SSSR count). The molecule has 0 aromatic rings. The molecule has 1 aliphatic heterocycles. The normalized spacial score (nSPS) is 24.4. The van der Waals surface area contributed by atoms with Gasteiger partial charge < -0.3 is 0 Å². The van der Waals surface area contributed by atoms with Gasteiger partial charge in [-0.3, -0.25) is 4.99 Å². The molecule has 20 heavy (non-hydrogen) atoms. The molecule has 0 aromatic carbocycles. The van der Waals surface area contributed by atoms with Gasteiger partial charge in [0.05, 0.1) is 5.70 Å². The van der Waals surface area contributed by atoms with Crippen molar-refractivity contribution in [3.8, 4) is 0 Å². The Kier molecular flexibility index (Phi) is 3.37. The number of allylic oxidation sites excluding steroid dienone is 7. The Balaban J connectivity index is 2.09. The van der Waals surface area contributed by atoms with E-state index in [-0.39, 0.29) is 0 Å². The highest BCUT2D eigenvalue weighted by atomic mass is 28.2. The van der Waals surface area contributed by atoms with E-state index in [2.05, 4.69) is 58.2 Å². The van der Waals surface area contributed by atoms with E-state index in [4.69, 9.17) is 4.99 Å². The van der Waals surface area contributed by atoms with Gasteiger partial charge in [-0.05, 0) is 30.4 Å². The van der Waals surface area contributed by atoms with Gasteiger partial charge in [0.25, 0.3) is 0 Å². The van der Waals surface area contributed by atoms with Gasteiger partial charge in [0.2, 0.25) is 0 Å². The highest BCUT2D eigenvalue weighted by Crippen LogP contribution is 2.39. The van der Waals surface area contributed by atoms with Crippen LogP contribution in [0.2, 0.25) is 13.1 Å². The van der Waals surface area contributed by atoms with Crippen molar-refractivity contribution < 1.29 is 0 Å². The summed E-state index contributed by atoms with van der Waals surface area (Å²) in [7, 11) is -0.390. The number of aliphatic imine (C=N–C) groups is 1. The van der Waals surface area contributed by atoms with Gasteiger partial charge in [0.1, 0.15) is 0 Å². The minimum absolute atomic E-state index is 0.390. The average Bonchev–Trinajstić information content (AvgIpc) is 3.02. The van der Waals surface area contributed by atoms with E-state index >= 15 is 0 Å². The number of fused-ring (bicyclic) bond motifs is 1. The summed E-state index contributed by atoms with van der Waals surface area (Å²) in [5.41, 5.74) is 6.91. The number of hydrogen-bond acceptors (Lipinski definition) is 1. The molecule has 0 bridgehead atoms. The Labute approximate surface area is 123 Å². The van der Waals surface area contributed by atoms with Crippen LogP contribution >= 0.6 is 0 Å². The second-order valence-corrected chi connectivity index (χ2v) is 9.07. The lowest BCUT2D eigenvalue weighted by Gasteiger charge is -2.13. The van der Waals surface area contributed by atoms with Crippen LogP contribution in [-0.2, 0) is 0 Å². The van der Waals surface area contributed by atoms with Crippen LogP contribution in [0.15, 0.2) is 51.7 Å². The standard InChI is InChI=1S/C18H23NSi/c1-11(2)13-6-7-14(10-13)17-12(3)19-15-8-9-16(18(15)17)20(4)5/h6-8,10-11,14H,9H2,1-5H3. The summed E-state index contributed by atoms with van der Waals surface area (Å²) in [5, 5.41) is 1.67. The topological polar surface area (TPSA) is 12.4 Å². The zero-order chi connectivity index (χ0) is 14.4. The molecular formula is C18H23NSi. The van der Waals surface area contributed by atoms with E-state index in [0.717, 1.165) is 6.42 Å². The monoisotopic (exact) mass is 281 g/mol. The largest absolute Gasteiger partial charge is 0.253 e. The van der Waals surface area contributed by atoms with Crippen molar-refractivity contribution in [2.75, 3.05) is 0 Å². The minimum Gasteiger partial charge on any atom is -0.253 e. The number of rotatable bonds is 2. The van der Waals surface area contributed by atoms with Crippen LogP contribution in [0.5, 0.6) is 0 Å². The van der Waals surface area contributed by atoms with E-state index in [1.807, 2.05) is 0 Å². The molecule has 0 spiro atoms.